The van der Waals surface area contributed by atoms with Crippen LogP contribution in [0.4, 0.5) is 5.69 Å². The smallest absolute Gasteiger partial charge is 0.331 e. The van der Waals surface area contributed by atoms with E-state index in [1.807, 2.05) is 37.4 Å². The number of hydrazine groups is 1. The Balaban J connectivity index is 1.98. The Morgan fingerprint density at radius 2 is 2.25 bits per heavy atom. The second-order valence-electron chi connectivity index (χ2n) is 4.92. The highest BCUT2D eigenvalue weighted by Gasteiger charge is 2.46. The molecule has 2 aromatic rings. The summed E-state index contributed by atoms with van der Waals surface area (Å²) in [6.07, 6.45) is 2.30. The first kappa shape index (κ1) is 12.7. The molecule has 1 aromatic carbocycles. The zero-order valence-corrected chi connectivity index (χ0v) is 11.3. The Kier molecular flexibility index (Phi) is 2.76. The van der Waals surface area contributed by atoms with Gasteiger partial charge in [-0.1, -0.05) is 6.92 Å². The maximum Gasteiger partial charge on any atom is 0.331 e. The third-order valence-corrected chi connectivity index (χ3v) is 3.84. The monoisotopic (exact) mass is 272 g/mol. The predicted molar refractivity (Wildman–Crippen MR) is 77.7 cm³/mol. The number of carboxylic acid groups (broad SMARTS) is 1. The van der Waals surface area contributed by atoms with Crippen LogP contribution in [0, 0.1) is 0 Å². The number of aliphatic carboxylic acids is 1. The summed E-state index contributed by atoms with van der Waals surface area (Å²) in [7, 11) is 0. The highest BCUT2D eigenvalue weighted by molar-refractivity contribution is 6.11. The second kappa shape index (κ2) is 4.35. The average molecular weight is 272 g/mol. The molecule has 1 atom stereocenters. The van der Waals surface area contributed by atoms with E-state index >= 15 is 0 Å². The van der Waals surface area contributed by atoms with Gasteiger partial charge in [-0.05, 0) is 37.6 Å². The summed E-state index contributed by atoms with van der Waals surface area (Å²) in [5.41, 5.74) is 4.28. The lowest BCUT2D eigenvalue weighted by Gasteiger charge is -2.25. The van der Waals surface area contributed by atoms with Crippen molar-refractivity contribution in [3.05, 3.63) is 30.5 Å². The van der Waals surface area contributed by atoms with E-state index in [9.17, 15) is 9.90 Å². The summed E-state index contributed by atoms with van der Waals surface area (Å²) in [6, 6.07) is 7.78. The van der Waals surface area contributed by atoms with Gasteiger partial charge < -0.3 is 10.1 Å². The number of anilines is 1. The van der Waals surface area contributed by atoms with Crippen molar-refractivity contribution in [1.82, 2.24) is 10.4 Å². The SMILES string of the molecule is CCC1(C(=O)O)NN(c2ccc3[nH]ccc3c2)N=C1C. The van der Waals surface area contributed by atoms with E-state index in [2.05, 4.69) is 15.5 Å². The van der Waals surface area contributed by atoms with Crippen molar-refractivity contribution in [2.45, 2.75) is 25.8 Å². The molecule has 0 saturated heterocycles. The second-order valence-corrected chi connectivity index (χ2v) is 4.92. The fourth-order valence-corrected chi connectivity index (χ4v) is 2.51. The molecule has 0 saturated carbocycles. The number of benzene rings is 1. The van der Waals surface area contributed by atoms with Crippen LogP contribution in [0.3, 0.4) is 0 Å². The molecule has 3 N–H and O–H groups in total. The van der Waals surface area contributed by atoms with Gasteiger partial charge in [0.2, 0.25) is 0 Å². The van der Waals surface area contributed by atoms with Crippen LogP contribution in [0.1, 0.15) is 20.3 Å². The van der Waals surface area contributed by atoms with Crippen LogP contribution in [0.25, 0.3) is 10.9 Å². The van der Waals surface area contributed by atoms with Gasteiger partial charge in [0, 0.05) is 17.1 Å². The van der Waals surface area contributed by atoms with Gasteiger partial charge in [-0.2, -0.15) is 15.6 Å². The molecule has 6 nitrogen and oxygen atoms in total. The standard InChI is InChI=1S/C14H16N4O2/c1-3-14(13(19)20)9(2)16-18(17-14)11-4-5-12-10(8-11)6-7-15-12/h4-8,15,17H,3H2,1-2H3,(H,19,20). The number of aromatic amines is 1. The number of hydrazone groups is 1. The summed E-state index contributed by atoms with van der Waals surface area (Å²) in [4.78, 5) is 14.7. The summed E-state index contributed by atoms with van der Waals surface area (Å²) in [5.74, 6) is -0.911. The van der Waals surface area contributed by atoms with E-state index in [0.29, 0.717) is 12.1 Å². The number of fused-ring (bicyclic) bond motifs is 1. The Hall–Kier alpha value is -2.34. The minimum absolute atomic E-state index is 0.431. The number of carbonyl (C=O) groups is 1. The van der Waals surface area contributed by atoms with Crippen LogP contribution in [0.2, 0.25) is 0 Å². The summed E-state index contributed by atoms with van der Waals surface area (Å²) in [5, 5.41) is 16.4. The molecule has 0 fully saturated rings. The molecule has 104 valence electrons. The average Bonchev–Trinajstić information content (AvgIpc) is 3.02. The first-order valence-electron chi connectivity index (χ1n) is 6.51. The molecule has 1 aliphatic heterocycles. The van der Waals surface area contributed by atoms with Crippen LogP contribution in [0.15, 0.2) is 35.6 Å². The quantitative estimate of drug-likeness (QED) is 0.799. The van der Waals surface area contributed by atoms with Gasteiger partial charge in [0.25, 0.3) is 0 Å². The first-order chi connectivity index (χ1) is 9.56. The molecule has 2 heterocycles. The zero-order chi connectivity index (χ0) is 14.3. The van der Waals surface area contributed by atoms with Gasteiger partial charge >= 0.3 is 5.97 Å². The van der Waals surface area contributed by atoms with Crippen LogP contribution in [-0.2, 0) is 4.79 Å². The van der Waals surface area contributed by atoms with Crippen LogP contribution in [-0.4, -0.2) is 27.3 Å². The van der Waals surface area contributed by atoms with E-state index in [0.717, 1.165) is 16.6 Å². The Morgan fingerprint density at radius 3 is 2.90 bits per heavy atom. The van der Waals surface area contributed by atoms with Crippen molar-refractivity contribution < 1.29 is 9.90 Å². The van der Waals surface area contributed by atoms with Crippen LogP contribution < -0.4 is 10.5 Å². The van der Waals surface area contributed by atoms with Crippen molar-refractivity contribution in [3.8, 4) is 0 Å². The molecule has 0 amide bonds. The number of carboxylic acids is 1. The first-order valence-corrected chi connectivity index (χ1v) is 6.51. The number of hydrogen-bond donors (Lipinski definition) is 3. The molecule has 0 aliphatic carbocycles. The Bertz CT molecular complexity index is 706. The van der Waals surface area contributed by atoms with Gasteiger partial charge in [-0.3, -0.25) is 0 Å². The fraction of sp³-hybridized carbons (Fsp3) is 0.286. The van der Waals surface area contributed by atoms with Crippen molar-refractivity contribution in [2.24, 2.45) is 5.10 Å². The van der Waals surface area contributed by atoms with Crippen LogP contribution in [0.5, 0.6) is 0 Å². The van der Waals surface area contributed by atoms with E-state index in [4.69, 9.17) is 0 Å². The molecule has 0 bridgehead atoms. The molecule has 1 aromatic heterocycles. The normalized spacial score (nSPS) is 22.3. The number of nitrogens with one attached hydrogen (secondary N) is 2. The topological polar surface area (TPSA) is 80.7 Å². The Labute approximate surface area is 116 Å². The number of nitrogens with zero attached hydrogens (tertiary/aromatic N) is 2. The number of H-pyrrole nitrogens is 1. The largest absolute Gasteiger partial charge is 0.480 e. The number of aromatic nitrogens is 1. The van der Waals surface area contributed by atoms with Gasteiger partial charge in [0.05, 0.1) is 11.4 Å². The molecular formula is C14H16N4O2. The molecule has 1 aliphatic rings. The molecule has 1 unspecified atom stereocenters. The van der Waals surface area contributed by atoms with E-state index in [1.54, 1.807) is 12.0 Å². The molecule has 20 heavy (non-hydrogen) atoms. The lowest BCUT2D eigenvalue weighted by molar-refractivity contribution is -0.141. The van der Waals surface area contributed by atoms with Gasteiger partial charge in [-0.25, -0.2) is 4.79 Å². The molecular weight excluding hydrogens is 256 g/mol. The highest BCUT2D eigenvalue weighted by Crippen LogP contribution is 2.27. The zero-order valence-electron chi connectivity index (χ0n) is 11.3. The summed E-state index contributed by atoms with van der Waals surface area (Å²) >= 11 is 0. The molecule has 3 rings (SSSR count). The van der Waals surface area contributed by atoms with Crippen molar-refractivity contribution in [2.75, 3.05) is 5.12 Å². The van der Waals surface area contributed by atoms with Crippen LogP contribution >= 0.6 is 0 Å². The third kappa shape index (κ3) is 1.69. The molecule has 6 heteroatoms. The number of rotatable bonds is 3. The Morgan fingerprint density at radius 1 is 1.45 bits per heavy atom. The minimum Gasteiger partial charge on any atom is -0.480 e. The van der Waals surface area contributed by atoms with E-state index < -0.39 is 11.5 Å². The molecule has 0 spiro atoms. The minimum atomic E-state index is -1.12. The summed E-state index contributed by atoms with van der Waals surface area (Å²) < 4.78 is 0. The van der Waals surface area contributed by atoms with E-state index in [-0.39, 0.29) is 0 Å². The van der Waals surface area contributed by atoms with Crippen molar-refractivity contribution >= 4 is 28.3 Å². The maximum atomic E-state index is 11.5. The van der Waals surface area contributed by atoms with Crippen molar-refractivity contribution in [3.63, 3.8) is 0 Å². The lowest BCUT2D eigenvalue weighted by Crippen LogP contribution is -2.56. The van der Waals surface area contributed by atoms with E-state index in [1.165, 1.54) is 0 Å². The molecule has 0 radical (unpaired) electrons. The number of hydrogen-bond acceptors (Lipinski definition) is 4. The maximum absolute atomic E-state index is 11.5. The third-order valence-electron chi connectivity index (χ3n) is 3.84. The lowest BCUT2D eigenvalue weighted by atomic mass is 9.92. The summed E-state index contributed by atoms with van der Waals surface area (Å²) in [6.45, 7) is 3.57. The van der Waals surface area contributed by atoms with Gasteiger partial charge in [0.15, 0.2) is 5.54 Å². The van der Waals surface area contributed by atoms with Gasteiger partial charge in [0.1, 0.15) is 0 Å². The van der Waals surface area contributed by atoms with Gasteiger partial charge in [-0.15, -0.1) is 0 Å². The predicted octanol–water partition coefficient (Wildman–Crippen LogP) is 2.10. The highest BCUT2D eigenvalue weighted by atomic mass is 16.4. The fourth-order valence-electron chi connectivity index (χ4n) is 2.51. The van der Waals surface area contributed by atoms with Crippen molar-refractivity contribution in [1.29, 1.82) is 0 Å².